The van der Waals surface area contributed by atoms with E-state index in [2.05, 4.69) is 30.7 Å². The fraction of sp³-hybridized carbons (Fsp3) is 0.933. The first kappa shape index (κ1) is 14.8. The van der Waals surface area contributed by atoms with Gasteiger partial charge in [0, 0.05) is 37.6 Å². The molecule has 2 atom stereocenters. The van der Waals surface area contributed by atoms with E-state index >= 15 is 0 Å². The third-order valence-electron chi connectivity index (χ3n) is 4.96. The molecule has 19 heavy (non-hydrogen) atoms. The average Bonchev–Trinajstić information content (AvgIpc) is 2.32. The summed E-state index contributed by atoms with van der Waals surface area (Å²) in [6.45, 7) is 7.12. The van der Waals surface area contributed by atoms with Gasteiger partial charge in [-0.2, -0.15) is 0 Å². The van der Waals surface area contributed by atoms with Gasteiger partial charge in [-0.05, 0) is 46.1 Å². The minimum absolute atomic E-state index is 0.0941. The van der Waals surface area contributed by atoms with Crippen LogP contribution in [0, 0.1) is 5.92 Å². The van der Waals surface area contributed by atoms with Gasteiger partial charge in [0.2, 0.25) is 5.91 Å². The van der Waals surface area contributed by atoms with Gasteiger partial charge < -0.3 is 10.6 Å². The minimum atomic E-state index is 0.0941. The third kappa shape index (κ3) is 3.69. The first-order valence-electron chi connectivity index (χ1n) is 7.63. The van der Waals surface area contributed by atoms with E-state index in [1.54, 1.807) is 0 Å². The summed E-state index contributed by atoms with van der Waals surface area (Å²) in [5.41, 5.74) is 6.10. The highest BCUT2D eigenvalue weighted by atomic mass is 16.2. The Morgan fingerprint density at radius 3 is 2.68 bits per heavy atom. The second kappa shape index (κ2) is 5.80. The Morgan fingerprint density at radius 1 is 1.32 bits per heavy atom. The highest BCUT2D eigenvalue weighted by Crippen LogP contribution is 2.27. The van der Waals surface area contributed by atoms with Crippen molar-refractivity contribution in [3.63, 3.8) is 0 Å². The molecule has 0 aromatic carbocycles. The zero-order valence-electron chi connectivity index (χ0n) is 12.7. The van der Waals surface area contributed by atoms with Crippen LogP contribution in [0.2, 0.25) is 0 Å². The third-order valence-corrected chi connectivity index (χ3v) is 4.96. The normalized spacial score (nSPS) is 32.3. The Labute approximate surface area is 117 Å². The van der Waals surface area contributed by atoms with Gasteiger partial charge in [0.1, 0.15) is 0 Å². The van der Waals surface area contributed by atoms with Crippen LogP contribution in [0.3, 0.4) is 0 Å². The Kier molecular flexibility index (Phi) is 4.51. The molecular formula is C15H29N3O. The van der Waals surface area contributed by atoms with Crippen LogP contribution in [0.4, 0.5) is 0 Å². The monoisotopic (exact) mass is 267 g/mol. The summed E-state index contributed by atoms with van der Waals surface area (Å²) >= 11 is 0. The van der Waals surface area contributed by atoms with E-state index in [1.807, 2.05) is 0 Å². The van der Waals surface area contributed by atoms with Crippen molar-refractivity contribution in [2.45, 2.75) is 57.5 Å². The number of hydrogen-bond donors (Lipinski definition) is 1. The molecule has 0 aromatic rings. The van der Waals surface area contributed by atoms with Crippen LogP contribution in [-0.2, 0) is 4.79 Å². The van der Waals surface area contributed by atoms with Crippen molar-refractivity contribution in [3.05, 3.63) is 0 Å². The SMILES string of the molecule is CN1CCN(C(=O)CC2CCCC(N)C2)CC1(C)C. The van der Waals surface area contributed by atoms with E-state index in [-0.39, 0.29) is 5.54 Å². The molecule has 2 aliphatic rings. The molecule has 1 heterocycles. The molecule has 0 bridgehead atoms. The number of nitrogens with two attached hydrogens (primary N) is 1. The van der Waals surface area contributed by atoms with E-state index in [0.717, 1.165) is 32.5 Å². The molecule has 0 aromatic heterocycles. The summed E-state index contributed by atoms with van der Waals surface area (Å²) in [6, 6.07) is 0.315. The van der Waals surface area contributed by atoms with Crippen molar-refractivity contribution in [2.75, 3.05) is 26.7 Å². The summed E-state index contributed by atoms with van der Waals surface area (Å²) in [5.74, 6) is 0.847. The van der Waals surface area contributed by atoms with Crippen molar-refractivity contribution in [1.82, 2.24) is 9.80 Å². The fourth-order valence-corrected chi connectivity index (χ4v) is 3.35. The van der Waals surface area contributed by atoms with Crippen LogP contribution < -0.4 is 5.73 Å². The van der Waals surface area contributed by atoms with Crippen molar-refractivity contribution in [3.8, 4) is 0 Å². The molecule has 4 heteroatoms. The van der Waals surface area contributed by atoms with Gasteiger partial charge in [-0.1, -0.05) is 6.42 Å². The lowest BCUT2D eigenvalue weighted by Crippen LogP contribution is -2.59. The number of amides is 1. The number of carbonyl (C=O) groups is 1. The maximum absolute atomic E-state index is 12.4. The van der Waals surface area contributed by atoms with E-state index in [0.29, 0.717) is 24.3 Å². The van der Waals surface area contributed by atoms with Crippen molar-refractivity contribution < 1.29 is 4.79 Å². The molecule has 4 nitrogen and oxygen atoms in total. The molecule has 1 amide bonds. The zero-order valence-corrected chi connectivity index (χ0v) is 12.7. The number of piperazine rings is 1. The second-order valence-corrected chi connectivity index (χ2v) is 7.05. The van der Waals surface area contributed by atoms with Gasteiger partial charge >= 0.3 is 0 Å². The number of hydrogen-bond acceptors (Lipinski definition) is 3. The predicted octanol–water partition coefficient (Wildman–Crippen LogP) is 1.45. The Hall–Kier alpha value is -0.610. The Bertz CT molecular complexity index is 329. The number of carbonyl (C=O) groups excluding carboxylic acids is 1. The maximum atomic E-state index is 12.4. The topological polar surface area (TPSA) is 49.6 Å². The van der Waals surface area contributed by atoms with Crippen LogP contribution >= 0.6 is 0 Å². The quantitative estimate of drug-likeness (QED) is 0.824. The summed E-state index contributed by atoms with van der Waals surface area (Å²) in [7, 11) is 2.14. The minimum Gasteiger partial charge on any atom is -0.340 e. The van der Waals surface area contributed by atoms with Crippen LogP contribution in [-0.4, -0.2) is 54.0 Å². The molecule has 2 unspecified atom stereocenters. The summed E-state index contributed by atoms with van der Waals surface area (Å²) < 4.78 is 0. The molecule has 1 saturated carbocycles. The van der Waals surface area contributed by atoms with Crippen molar-refractivity contribution in [2.24, 2.45) is 11.7 Å². The lowest BCUT2D eigenvalue weighted by molar-refractivity contribution is -0.137. The molecule has 2 fully saturated rings. The first-order chi connectivity index (χ1) is 8.88. The predicted molar refractivity (Wildman–Crippen MR) is 77.8 cm³/mol. The maximum Gasteiger partial charge on any atom is 0.222 e. The van der Waals surface area contributed by atoms with E-state index in [9.17, 15) is 4.79 Å². The van der Waals surface area contributed by atoms with Crippen molar-refractivity contribution >= 4 is 5.91 Å². The molecule has 1 aliphatic heterocycles. The zero-order chi connectivity index (χ0) is 14.0. The standard InChI is InChI=1S/C15H29N3O/c1-15(2)11-18(8-7-17(15)3)14(19)10-12-5-4-6-13(16)9-12/h12-13H,4-11,16H2,1-3H3. The van der Waals surface area contributed by atoms with E-state index < -0.39 is 0 Å². The van der Waals surface area contributed by atoms with Crippen LogP contribution in [0.25, 0.3) is 0 Å². The highest BCUT2D eigenvalue weighted by molar-refractivity contribution is 5.76. The largest absolute Gasteiger partial charge is 0.340 e. The van der Waals surface area contributed by atoms with Gasteiger partial charge in [0.25, 0.3) is 0 Å². The molecule has 2 N–H and O–H groups in total. The number of nitrogens with zero attached hydrogens (tertiary/aromatic N) is 2. The van der Waals surface area contributed by atoms with Gasteiger partial charge in [-0.3, -0.25) is 9.69 Å². The van der Waals surface area contributed by atoms with E-state index in [1.165, 1.54) is 12.8 Å². The van der Waals surface area contributed by atoms with Gasteiger partial charge in [-0.15, -0.1) is 0 Å². The molecule has 0 spiro atoms. The Balaban J connectivity index is 1.86. The molecular weight excluding hydrogens is 238 g/mol. The lowest BCUT2D eigenvalue weighted by Gasteiger charge is -2.45. The smallest absolute Gasteiger partial charge is 0.222 e. The second-order valence-electron chi connectivity index (χ2n) is 7.05. The van der Waals surface area contributed by atoms with Gasteiger partial charge in [-0.25, -0.2) is 0 Å². The number of likely N-dealkylation sites (N-methyl/N-ethyl adjacent to an activating group) is 1. The van der Waals surface area contributed by atoms with Crippen molar-refractivity contribution in [1.29, 1.82) is 0 Å². The van der Waals surface area contributed by atoms with Crippen LogP contribution in [0.15, 0.2) is 0 Å². The summed E-state index contributed by atoms with van der Waals surface area (Å²) in [4.78, 5) is 16.8. The first-order valence-corrected chi connectivity index (χ1v) is 7.63. The molecule has 1 aliphatic carbocycles. The lowest BCUT2D eigenvalue weighted by atomic mass is 9.83. The fourth-order valence-electron chi connectivity index (χ4n) is 3.35. The summed E-state index contributed by atoms with van der Waals surface area (Å²) in [5, 5.41) is 0. The van der Waals surface area contributed by atoms with Gasteiger partial charge in [0.05, 0.1) is 0 Å². The van der Waals surface area contributed by atoms with Gasteiger partial charge in [0.15, 0.2) is 0 Å². The highest BCUT2D eigenvalue weighted by Gasteiger charge is 2.34. The van der Waals surface area contributed by atoms with Crippen LogP contribution in [0.1, 0.15) is 46.0 Å². The summed E-state index contributed by atoms with van der Waals surface area (Å²) in [6.07, 6.45) is 5.23. The molecule has 1 saturated heterocycles. The Morgan fingerprint density at radius 2 is 2.05 bits per heavy atom. The molecule has 110 valence electrons. The number of rotatable bonds is 2. The average molecular weight is 267 g/mol. The van der Waals surface area contributed by atoms with Crippen LogP contribution in [0.5, 0.6) is 0 Å². The van der Waals surface area contributed by atoms with E-state index in [4.69, 9.17) is 5.73 Å². The molecule has 2 rings (SSSR count). The molecule has 0 radical (unpaired) electrons.